The molecule has 0 saturated carbocycles. The number of pyridine rings is 1. The van der Waals surface area contributed by atoms with E-state index in [1.165, 1.54) is 18.4 Å². The number of aryl methyl sites for hydroxylation is 1. The molecule has 34 heavy (non-hydrogen) atoms. The molecular weight excluding hydrogens is 488 g/mol. The monoisotopic (exact) mass is 532 g/mol. The van der Waals surface area contributed by atoms with Crippen molar-refractivity contribution in [3.63, 3.8) is 0 Å². The highest BCUT2D eigenvalue weighted by Crippen LogP contribution is 2.39. The van der Waals surface area contributed by atoms with Gasteiger partial charge in [-0.3, -0.25) is 9.79 Å². The lowest BCUT2D eigenvalue weighted by atomic mass is 9.78. The summed E-state index contributed by atoms with van der Waals surface area (Å²) in [5, 5.41) is 11.0. The van der Waals surface area contributed by atoms with E-state index >= 15 is 0 Å². The lowest BCUT2D eigenvalue weighted by Crippen LogP contribution is -2.28. The molecule has 0 amide bonds. The van der Waals surface area contributed by atoms with Crippen molar-refractivity contribution in [2.45, 2.75) is 98.4 Å². The van der Waals surface area contributed by atoms with Gasteiger partial charge in [0.05, 0.1) is 6.54 Å². The van der Waals surface area contributed by atoms with E-state index in [0.717, 1.165) is 29.5 Å². The van der Waals surface area contributed by atoms with E-state index in [1.807, 2.05) is 29.0 Å². The van der Waals surface area contributed by atoms with E-state index in [0.29, 0.717) is 17.2 Å². The van der Waals surface area contributed by atoms with Crippen LogP contribution >= 0.6 is 17.0 Å². The zero-order valence-electron chi connectivity index (χ0n) is 22.7. The fraction of sp³-hybridized carbons (Fsp3) is 0.586. The quantitative estimate of drug-likeness (QED) is 0.367. The number of aromatic nitrogens is 1. The summed E-state index contributed by atoms with van der Waals surface area (Å²) in [6, 6.07) is 7.88. The molecule has 1 aromatic carbocycles. The predicted molar refractivity (Wildman–Crippen MR) is 148 cm³/mol. The molecule has 0 aliphatic rings. The van der Waals surface area contributed by atoms with E-state index in [-0.39, 0.29) is 40.1 Å². The summed E-state index contributed by atoms with van der Waals surface area (Å²) in [7, 11) is 1.80. The Morgan fingerprint density at radius 3 is 2.00 bits per heavy atom. The van der Waals surface area contributed by atoms with E-state index in [9.17, 15) is 9.90 Å². The van der Waals surface area contributed by atoms with Crippen LogP contribution < -0.4 is 5.49 Å². The Bertz CT molecular complexity index is 1000. The molecule has 4 nitrogen and oxygen atoms in total. The number of nitrogens with zero attached hydrogens (tertiary/aromatic N) is 2. The van der Waals surface area contributed by atoms with Crippen LogP contribution in [0.1, 0.15) is 102 Å². The number of aromatic hydroxyl groups is 1. The molecule has 0 bridgehead atoms. The van der Waals surface area contributed by atoms with Gasteiger partial charge in [0, 0.05) is 29.9 Å². The van der Waals surface area contributed by atoms with E-state index in [2.05, 4.69) is 66.4 Å². The molecule has 0 saturated heterocycles. The first kappa shape index (κ1) is 30.2. The SMILES string of the molecule is Br.CCC(CC)CCc1cccn(CC(=O)c2cc(C(C)(C)C)c(O)c(C(C)(C)C)c2)/c1=N/C. The number of benzene rings is 1. The van der Waals surface area contributed by atoms with Crippen LogP contribution in [0.15, 0.2) is 35.5 Å². The lowest BCUT2D eigenvalue weighted by molar-refractivity contribution is 0.0970. The largest absolute Gasteiger partial charge is 0.507 e. The Kier molecular flexibility index (Phi) is 10.8. The van der Waals surface area contributed by atoms with Gasteiger partial charge < -0.3 is 9.67 Å². The minimum atomic E-state index is -0.271. The van der Waals surface area contributed by atoms with Gasteiger partial charge in [-0.15, -0.1) is 17.0 Å². The average Bonchev–Trinajstić information content (AvgIpc) is 2.73. The lowest BCUT2D eigenvalue weighted by Gasteiger charge is -2.28. The number of phenolic OH excluding ortho intramolecular Hbond substituents is 1. The molecule has 0 aliphatic carbocycles. The normalized spacial score (nSPS) is 12.7. The van der Waals surface area contributed by atoms with Gasteiger partial charge in [0.15, 0.2) is 5.78 Å². The van der Waals surface area contributed by atoms with Crippen LogP contribution in [-0.4, -0.2) is 22.5 Å². The highest BCUT2D eigenvalue weighted by Gasteiger charge is 2.27. The molecule has 0 spiro atoms. The van der Waals surface area contributed by atoms with Gasteiger partial charge in [0.2, 0.25) is 0 Å². The second-order valence-electron chi connectivity index (χ2n) is 11.3. The van der Waals surface area contributed by atoms with Crippen LogP contribution in [-0.2, 0) is 23.8 Å². The van der Waals surface area contributed by atoms with Gasteiger partial charge in [0.1, 0.15) is 11.2 Å². The summed E-state index contributed by atoms with van der Waals surface area (Å²) in [6.07, 6.45) is 6.42. The molecule has 2 rings (SSSR count). The smallest absolute Gasteiger partial charge is 0.182 e. The van der Waals surface area contributed by atoms with Gasteiger partial charge in [0.25, 0.3) is 0 Å². The predicted octanol–water partition coefficient (Wildman–Crippen LogP) is 7.15. The highest BCUT2D eigenvalue weighted by molar-refractivity contribution is 8.93. The Morgan fingerprint density at radius 1 is 1.03 bits per heavy atom. The maximum atomic E-state index is 13.5. The number of hydrogen-bond donors (Lipinski definition) is 1. The third kappa shape index (κ3) is 7.31. The minimum Gasteiger partial charge on any atom is -0.507 e. The summed E-state index contributed by atoms with van der Waals surface area (Å²) in [4.78, 5) is 18.0. The third-order valence-electron chi connectivity index (χ3n) is 6.67. The molecular formula is C29H45BrN2O2. The van der Waals surface area contributed by atoms with Gasteiger partial charge >= 0.3 is 0 Å². The Labute approximate surface area is 217 Å². The molecule has 5 heteroatoms. The van der Waals surface area contributed by atoms with Crippen molar-refractivity contribution < 1.29 is 9.90 Å². The maximum absolute atomic E-state index is 13.5. The summed E-state index contributed by atoms with van der Waals surface area (Å²) in [5.74, 6) is 1.04. The number of halogens is 1. The van der Waals surface area contributed by atoms with Gasteiger partial charge in [-0.2, -0.15) is 0 Å². The first-order valence-corrected chi connectivity index (χ1v) is 12.4. The number of carbonyl (C=O) groups excluding carboxylic acids is 1. The van der Waals surface area contributed by atoms with Crippen molar-refractivity contribution in [2.75, 3.05) is 7.05 Å². The van der Waals surface area contributed by atoms with Crippen molar-refractivity contribution in [1.82, 2.24) is 4.57 Å². The van der Waals surface area contributed by atoms with Gasteiger partial charge in [-0.25, -0.2) is 0 Å². The van der Waals surface area contributed by atoms with E-state index in [4.69, 9.17) is 0 Å². The third-order valence-corrected chi connectivity index (χ3v) is 6.67. The van der Waals surface area contributed by atoms with E-state index in [1.54, 1.807) is 7.05 Å². The molecule has 0 fully saturated rings. The topological polar surface area (TPSA) is 54.6 Å². The second kappa shape index (κ2) is 12.2. The fourth-order valence-electron chi connectivity index (χ4n) is 4.43. The number of carbonyl (C=O) groups is 1. The number of rotatable bonds is 8. The van der Waals surface area contributed by atoms with Crippen LogP contribution in [0, 0.1) is 5.92 Å². The first-order valence-electron chi connectivity index (χ1n) is 12.4. The van der Waals surface area contributed by atoms with Crippen LogP contribution in [0.25, 0.3) is 0 Å². The minimum absolute atomic E-state index is 0. The van der Waals surface area contributed by atoms with Crippen molar-refractivity contribution >= 4 is 22.8 Å². The van der Waals surface area contributed by atoms with Crippen molar-refractivity contribution in [2.24, 2.45) is 10.9 Å². The fourth-order valence-corrected chi connectivity index (χ4v) is 4.43. The zero-order chi connectivity index (χ0) is 25.0. The van der Waals surface area contributed by atoms with E-state index < -0.39 is 0 Å². The molecule has 0 unspecified atom stereocenters. The maximum Gasteiger partial charge on any atom is 0.182 e. The average molecular weight is 534 g/mol. The molecule has 0 radical (unpaired) electrons. The molecule has 1 aromatic heterocycles. The number of phenols is 1. The van der Waals surface area contributed by atoms with Gasteiger partial charge in [-0.05, 0) is 53.4 Å². The van der Waals surface area contributed by atoms with Crippen LogP contribution in [0.4, 0.5) is 0 Å². The van der Waals surface area contributed by atoms with Gasteiger partial charge in [-0.1, -0.05) is 74.3 Å². The summed E-state index contributed by atoms with van der Waals surface area (Å²) >= 11 is 0. The van der Waals surface area contributed by atoms with Crippen LogP contribution in [0.3, 0.4) is 0 Å². The highest BCUT2D eigenvalue weighted by atomic mass is 79.9. The second-order valence-corrected chi connectivity index (χ2v) is 11.3. The number of hydrogen-bond acceptors (Lipinski definition) is 3. The molecule has 1 heterocycles. The summed E-state index contributed by atoms with van der Waals surface area (Å²) < 4.78 is 1.96. The van der Waals surface area contributed by atoms with Crippen LogP contribution in [0.5, 0.6) is 5.75 Å². The molecule has 2 aromatic rings. The molecule has 1 N–H and O–H groups in total. The summed E-state index contributed by atoms with van der Waals surface area (Å²) in [5.41, 5.74) is 3.78. The Hall–Kier alpha value is -1.88. The van der Waals surface area contributed by atoms with Crippen molar-refractivity contribution in [3.05, 3.63) is 58.2 Å². The standard InChI is InChI=1S/C29H44N2O2.BrH/c1-10-20(11-2)14-15-21-13-12-16-31(27(21)30-9)19-25(32)22-17-23(28(3,4)5)26(33)24(18-22)29(6,7)8;/h12-13,16-18,20,33H,10-11,14-15,19H2,1-9H3;1H/b30-27+;. The molecule has 190 valence electrons. The Balaban J connectivity index is 0.00000578. The number of Topliss-reactive ketones (excluding diaryl/α,β-unsaturated/α-hetero) is 1. The molecule has 0 aliphatic heterocycles. The first-order chi connectivity index (χ1) is 15.3. The zero-order valence-corrected chi connectivity index (χ0v) is 24.4. The van der Waals surface area contributed by atoms with Crippen molar-refractivity contribution in [1.29, 1.82) is 0 Å². The van der Waals surface area contributed by atoms with Crippen LogP contribution in [0.2, 0.25) is 0 Å². The molecule has 0 atom stereocenters. The Morgan fingerprint density at radius 2 is 1.56 bits per heavy atom. The van der Waals surface area contributed by atoms with Crippen molar-refractivity contribution in [3.8, 4) is 5.75 Å². The number of ketones is 1. The summed E-state index contributed by atoms with van der Waals surface area (Å²) in [6.45, 7) is 17.1.